The van der Waals surface area contributed by atoms with Crippen molar-refractivity contribution in [3.05, 3.63) is 53.8 Å². The van der Waals surface area contributed by atoms with Crippen LogP contribution in [0.3, 0.4) is 0 Å². The van der Waals surface area contributed by atoms with Gasteiger partial charge in [0.15, 0.2) is 11.5 Å². The van der Waals surface area contributed by atoms with Crippen molar-refractivity contribution in [2.45, 2.75) is 25.3 Å². The first-order chi connectivity index (χ1) is 16.3. The number of imide groups is 1. The summed E-state index contributed by atoms with van der Waals surface area (Å²) in [4.78, 5) is 41.6. The predicted molar refractivity (Wildman–Crippen MR) is 119 cm³/mol. The van der Waals surface area contributed by atoms with Crippen LogP contribution >= 0.6 is 0 Å². The zero-order chi connectivity index (χ0) is 23.9. The van der Waals surface area contributed by atoms with Crippen LogP contribution in [0.15, 0.2) is 42.5 Å². The molecule has 9 nitrogen and oxygen atoms in total. The average molecular weight is 468 g/mol. The molecule has 5 rings (SSSR count). The lowest BCUT2D eigenvalue weighted by molar-refractivity contribution is -0.133. The summed E-state index contributed by atoms with van der Waals surface area (Å²) in [6, 6.07) is 10.3. The molecule has 0 aliphatic carbocycles. The number of halogens is 1. The number of carbonyl (C=O) groups excluding carboxylic acids is 3. The van der Waals surface area contributed by atoms with Gasteiger partial charge in [0.05, 0.1) is 6.67 Å². The number of anilines is 1. The molecule has 2 fully saturated rings. The zero-order valence-corrected chi connectivity index (χ0v) is 18.7. The van der Waals surface area contributed by atoms with Crippen LogP contribution in [0.4, 0.5) is 14.9 Å². The number of hydrogen-bond donors (Lipinski definition) is 2. The molecule has 0 saturated carbocycles. The Morgan fingerprint density at radius 3 is 2.56 bits per heavy atom. The monoisotopic (exact) mass is 468 g/mol. The van der Waals surface area contributed by atoms with Crippen molar-refractivity contribution in [3.8, 4) is 11.5 Å². The van der Waals surface area contributed by atoms with E-state index in [1.165, 1.54) is 29.2 Å². The Balaban J connectivity index is 1.16. The number of amides is 4. The molecule has 2 aromatic rings. The normalized spacial score (nSPS) is 22.7. The number of nitrogens with zero attached hydrogens (tertiary/aromatic N) is 2. The molecule has 10 heteroatoms. The maximum atomic E-state index is 13.3. The van der Waals surface area contributed by atoms with Crippen LogP contribution in [0, 0.1) is 11.7 Å². The summed E-state index contributed by atoms with van der Waals surface area (Å²) in [5, 5.41) is 5.66. The van der Waals surface area contributed by atoms with Crippen molar-refractivity contribution in [1.29, 1.82) is 0 Å². The molecule has 1 atom stereocenters. The Hall–Kier alpha value is -3.66. The second-order valence-electron chi connectivity index (χ2n) is 8.89. The summed E-state index contributed by atoms with van der Waals surface area (Å²) in [5.74, 6) is 0.223. The van der Waals surface area contributed by atoms with E-state index < -0.39 is 17.4 Å². The fraction of sp³-hybridized carbons (Fsp3) is 0.375. The molecule has 0 aromatic heterocycles. The SMILES string of the molecule is C[C@]1(c2ccc(F)cc2)NC(=O)N(CN2CCC(C(=O)Nc3ccc4c(c3)OCO4)CC2)C1=O. The Kier molecular flexibility index (Phi) is 5.60. The molecule has 0 spiro atoms. The summed E-state index contributed by atoms with van der Waals surface area (Å²) in [5.41, 5.74) is -0.0714. The average Bonchev–Trinajstić information content (AvgIpc) is 3.38. The van der Waals surface area contributed by atoms with Crippen molar-refractivity contribution in [1.82, 2.24) is 15.1 Å². The molecule has 0 radical (unpaired) electrons. The number of nitrogens with one attached hydrogen (secondary N) is 2. The van der Waals surface area contributed by atoms with Crippen LogP contribution < -0.4 is 20.1 Å². The van der Waals surface area contributed by atoms with Gasteiger partial charge in [0.1, 0.15) is 11.4 Å². The molecule has 34 heavy (non-hydrogen) atoms. The van der Waals surface area contributed by atoms with Gasteiger partial charge in [-0.15, -0.1) is 0 Å². The molecule has 2 saturated heterocycles. The van der Waals surface area contributed by atoms with E-state index in [2.05, 4.69) is 10.6 Å². The van der Waals surface area contributed by atoms with E-state index in [1.54, 1.807) is 25.1 Å². The first-order valence-electron chi connectivity index (χ1n) is 11.2. The fourth-order valence-electron chi connectivity index (χ4n) is 4.56. The first-order valence-corrected chi connectivity index (χ1v) is 11.2. The van der Waals surface area contributed by atoms with E-state index in [0.717, 1.165) is 0 Å². The van der Waals surface area contributed by atoms with Crippen LogP contribution in [-0.2, 0) is 15.1 Å². The Bertz CT molecular complexity index is 1130. The highest BCUT2D eigenvalue weighted by Crippen LogP contribution is 2.35. The summed E-state index contributed by atoms with van der Waals surface area (Å²) >= 11 is 0. The van der Waals surface area contributed by atoms with Crippen molar-refractivity contribution >= 4 is 23.5 Å². The number of rotatable bonds is 5. The largest absolute Gasteiger partial charge is 0.454 e. The van der Waals surface area contributed by atoms with Crippen molar-refractivity contribution in [2.75, 3.05) is 31.9 Å². The minimum absolute atomic E-state index is 0.0719. The smallest absolute Gasteiger partial charge is 0.326 e. The predicted octanol–water partition coefficient (Wildman–Crippen LogP) is 2.63. The van der Waals surface area contributed by atoms with Crippen LogP contribution in [0.2, 0.25) is 0 Å². The van der Waals surface area contributed by atoms with E-state index in [9.17, 15) is 18.8 Å². The van der Waals surface area contributed by atoms with Crippen LogP contribution in [0.5, 0.6) is 11.5 Å². The summed E-state index contributed by atoms with van der Waals surface area (Å²) in [7, 11) is 0. The van der Waals surface area contributed by atoms with Gasteiger partial charge in [0.2, 0.25) is 12.7 Å². The van der Waals surface area contributed by atoms with E-state index in [-0.39, 0.29) is 31.2 Å². The van der Waals surface area contributed by atoms with Crippen LogP contribution in [0.25, 0.3) is 0 Å². The van der Waals surface area contributed by atoms with E-state index in [0.29, 0.717) is 48.7 Å². The zero-order valence-electron chi connectivity index (χ0n) is 18.7. The lowest BCUT2D eigenvalue weighted by Crippen LogP contribution is -2.47. The molecule has 4 amide bonds. The van der Waals surface area contributed by atoms with Gasteiger partial charge in [-0.05, 0) is 49.6 Å². The minimum Gasteiger partial charge on any atom is -0.454 e. The number of carbonyl (C=O) groups is 3. The van der Waals surface area contributed by atoms with E-state index in [1.807, 2.05) is 4.90 Å². The van der Waals surface area contributed by atoms with Gasteiger partial charge >= 0.3 is 6.03 Å². The quantitative estimate of drug-likeness (QED) is 0.655. The van der Waals surface area contributed by atoms with Gasteiger partial charge in [0.25, 0.3) is 5.91 Å². The van der Waals surface area contributed by atoms with Crippen LogP contribution in [-0.4, -0.2) is 54.2 Å². The second kappa shape index (κ2) is 8.60. The third-order valence-corrected chi connectivity index (χ3v) is 6.64. The highest BCUT2D eigenvalue weighted by atomic mass is 19.1. The maximum absolute atomic E-state index is 13.3. The summed E-state index contributed by atoms with van der Waals surface area (Å²) < 4.78 is 23.9. The first kappa shape index (κ1) is 22.1. The lowest BCUT2D eigenvalue weighted by Gasteiger charge is -2.33. The Morgan fingerprint density at radius 1 is 1.12 bits per heavy atom. The maximum Gasteiger partial charge on any atom is 0.326 e. The molecular formula is C24H25FN4O5. The highest BCUT2D eigenvalue weighted by molar-refractivity contribution is 6.07. The molecule has 2 aromatic carbocycles. The standard InChI is InChI=1S/C24H25FN4O5/c1-24(16-2-4-17(25)5-3-16)22(31)29(23(32)27-24)13-28-10-8-15(9-11-28)21(30)26-18-6-7-19-20(12-18)34-14-33-19/h2-7,12,15H,8-11,13-14H2,1H3,(H,26,30)(H,27,32)/t24-/m1/s1. The van der Waals surface area contributed by atoms with Crippen molar-refractivity contribution < 1.29 is 28.2 Å². The third kappa shape index (κ3) is 4.05. The van der Waals surface area contributed by atoms with E-state index in [4.69, 9.17) is 9.47 Å². The Morgan fingerprint density at radius 2 is 1.82 bits per heavy atom. The fourth-order valence-corrected chi connectivity index (χ4v) is 4.56. The molecule has 178 valence electrons. The van der Waals surface area contributed by atoms with Gasteiger partial charge in [-0.1, -0.05) is 12.1 Å². The molecule has 3 aliphatic rings. The van der Waals surface area contributed by atoms with Crippen molar-refractivity contribution in [2.24, 2.45) is 5.92 Å². The molecule has 2 N–H and O–H groups in total. The topological polar surface area (TPSA) is 100 Å². The molecule has 3 heterocycles. The van der Waals surface area contributed by atoms with Gasteiger partial charge in [-0.25, -0.2) is 14.1 Å². The summed E-state index contributed by atoms with van der Waals surface area (Å²) in [6.45, 7) is 3.07. The number of hydrogen-bond acceptors (Lipinski definition) is 6. The summed E-state index contributed by atoms with van der Waals surface area (Å²) in [6.07, 6.45) is 1.21. The highest BCUT2D eigenvalue weighted by Gasteiger charge is 2.49. The van der Waals surface area contributed by atoms with Gasteiger partial charge < -0.3 is 20.1 Å². The second-order valence-corrected chi connectivity index (χ2v) is 8.89. The lowest BCUT2D eigenvalue weighted by atomic mass is 9.92. The number of likely N-dealkylation sites (tertiary alicyclic amines) is 1. The minimum atomic E-state index is -1.24. The number of benzene rings is 2. The number of urea groups is 1. The molecule has 0 unspecified atom stereocenters. The Labute approximate surface area is 195 Å². The number of piperidine rings is 1. The third-order valence-electron chi connectivity index (χ3n) is 6.64. The van der Waals surface area contributed by atoms with Gasteiger partial charge in [-0.2, -0.15) is 0 Å². The number of fused-ring (bicyclic) bond motifs is 1. The molecular weight excluding hydrogens is 443 g/mol. The van der Waals surface area contributed by atoms with Crippen molar-refractivity contribution in [3.63, 3.8) is 0 Å². The number of ether oxygens (including phenoxy) is 2. The van der Waals surface area contributed by atoms with E-state index >= 15 is 0 Å². The van der Waals surface area contributed by atoms with Gasteiger partial charge in [0, 0.05) is 30.8 Å². The molecule has 3 aliphatic heterocycles. The van der Waals surface area contributed by atoms with Gasteiger partial charge in [-0.3, -0.25) is 14.5 Å². The molecule has 0 bridgehead atoms. The van der Waals surface area contributed by atoms with Crippen LogP contribution in [0.1, 0.15) is 25.3 Å².